The van der Waals surface area contributed by atoms with Gasteiger partial charge in [0.25, 0.3) is 0 Å². The number of primary amides is 1. The van der Waals surface area contributed by atoms with Gasteiger partial charge >= 0.3 is 0 Å². The van der Waals surface area contributed by atoms with E-state index in [9.17, 15) is 4.79 Å². The van der Waals surface area contributed by atoms with Gasteiger partial charge in [0.05, 0.1) is 6.33 Å². The molecule has 4 nitrogen and oxygen atoms in total. The molecular formula is C7H11N3O. The molecule has 1 aromatic heterocycles. The molecule has 0 aliphatic heterocycles. The Kier molecular flexibility index (Phi) is 2.25. The number of rotatable bonds is 3. The van der Waals surface area contributed by atoms with Crippen LogP contribution in [0.15, 0.2) is 18.7 Å². The van der Waals surface area contributed by atoms with Crippen LogP contribution in [0.3, 0.4) is 0 Å². The first kappa shape index (κ1) is 7.78. The molecule has 0 fully saturated rings. The molecule has 0 saturated carbocycles. The summed E-state index contributed by atoms with van der Waals surface area (Å²) in [6.07, 6.45) is 5.52. The molecule has 2 N–H and O–H groups in total. The summed E-state index contributed by atoms with van der Waals surface area (Å²) < 4.78 is 1.85. The van der Waals surface area contributed by atoms with E-state index in [1.807, 2.05) is 17.7 Å². The van der Waals surface area contributed by atoms with Crippen molar-refractivity contribution in [3.05, 3.63) is 18.7 Å². The second-order valence-electron chi connectivity index (χ2n) is 2.53. The van der Waals surface area contributed by atoms with Gasteiger partial charge in [0, 0.05) is 24.9 Å². The van der Waals surface area contributed by atoms with Crippen LogP contribution in [0.2, 0.25) is 0 Å². The van der Waals surface area contributed by atoms with Crippen LogP contribution in [-0.4, -0.2) is 15.5 Å². The summed E-state index contributed by atoms with van der Waals surface area (Å²) in [6, 6.07) is 0.106. The number of carbonyl (C=O) groups is 1. The van der Waals surface area contributed by atoms with Crippen molar-refractivity contribution in [3.63, 3.8) is 0 Å². The van der Waals surface area contributed by atoms with Crippen molar-refractivity contribution in [2.24, 2.45) is 5.73 Å². The zero-order valence-electron chi connectivity index (χ0n) is 6.40. The van der Waals surface area contributed by atoms with E-state index in [0.29, 0.717) is 6.42 Å². The molecule has 0 aromatic carbocycles. The van der Waals surface area contributed by atoms with Crippen molar-refractivity contribution in [1.29, 1.82) is 0 Å². The predicted molar refractivity (Wildman–Crippen MR) is 40.7 cm³/mol. The molecular weight excluding hydrogens is 142 g/mol. The fraction of sp³-hybridized carbons (Fsp3) is 0.429. The lowest BCUT2D eigenvalue weighted by atomic mass is 10.2. The zero-order valence-corrected chi connectivity index (χ0v) is 6.40. The molecule has 0 radical (unpaired) electrons. The lowest BCUT2D eigenvalue weighted by Crippen LogP contribution is -2.16. The van der Waals surface area contributed by atoms with Crippen LogP contribution in [0.1, 0.15) is 19.4 Å². The van der Waals surface area contributed by atoms with Gasteiger partial charge in [0.15, 0.2) is 0 Å². The number of aromatic nitrogens is 2. The quantitative estimate of drug-likeness (QED) is 0.679. The fourth-order valence-electron chi connectivity index (χ4n) is 0.927. The van der Waals surface area contributed by atoms with E-state index in [-0.39, 0.29) is 11.9 Å². The minimum Gasteiger partial charge on any atom is -0.370 e. The minimum absolute atomic E-state index is 0.106. The van der Waals surface area contributed by atoms with Gasteiger partial charge in [-0.1, -0.05) is 0 Å². The van der Waals surface area contributed by atoms with E-state index in [1.165, 1.54) is 0 Å². The van der Waals surface area contributed by atoms with Gasteiger partial charge in [0.1, 0.15) is 0 Å². The standard InChI is InChI=1S/C7H11N3O/c1-6(4-7(8)11)10-3-2-9-5-10/h2-3,5-6H,4H2,1H3,(H2,8,11). The van der Waals surface area contributed by atoms with E-state index in [4.69, 9.17) is 5.73 Å². The Morgan fingerprint density at radius 1 is 1.82 bits per heavy atom. The van der Waals surface area contributed by atoms with Crippen LogP contribution in [0.25, 0.3) is 0 Å². The summed E-state index contributed by atoms with van der Waals surface area (Å²) in [5.74, 6) is -0.286. The number of carbonyl (C=O) groups excluding carboxylic acids is 1. The summed E-state index contributed by atoms with van der Waals surface area (Å²) in [5, 5.41) is 0. The Bertz CT molecular complexity index is 230. The average Bonchev–Trinajstić information content (AvgIpc) is 2.35. The van der Waals surface area contributed by atoms with E-state index in [1.54, 1.807) is 12.5 Å². The molecule has 11 heavy (non-hydrogen) atoms. The smallest absolute Gasteiger partial charge is 0.219 e. The van der Waals surface area contributed by atoms with Crippen LogP contribution in [0, 0.1) is 0 Å². The summed E-state index contributed by atoms with van der Waals surface area (Å²) in [4.78, 5) is 14.4. The van der Waals surface area contributed by atoms with Crippen molar-refractivity contribution in [3.8, 4) is 0 Å². The van der Waals surface area contributed by atoms with E-state index >= 15 is 0 Å². The zero-order chi connectivity index (χ0) is 8.27. The Morgan fingerprint density at radius 3 is 3.00 bits per heavy atom. The third-order valence-corrected chi connectivity index (χ3v) is 1.53. The highest BCUT2D eigenvalue weighted by atomic mass is 16.1. The van der Waals surface area contributed by atoms with Crippen molar-refractivity contribution in [2.45, 2.75) is 19.4 Å². The van der Waals surface area contributed by atoms with Crippen LogP contribution in [-0.2, 0) is 4.79 Å². The minimum atomic E-state index is -0.286. The second-order valence-corrected chi connectivity index (χ2v) is 2.53. The molecule has 4 heteroatoms. The van der Waals surface area contributed by atoms with Crippen LogP contribution in [0.5, 0.6) is 0 Å². The maximum atomic E-state index is 10.5. The first-order chi connectivity index (χ1) is 5.20. The number of nitrogens with two attached hydrogens (primary N) is 1. The topological polar surface area (TPSA) is 60.9 Å². The number of imidazole rings is 1. The summed E-state index contributed by atoms with van der Waals surface area (Å²) in [5.41, 5.74) is 5.03. The lowest BCUT2D eigenvalue weighted by Gasteiger charge is -2.09. The average molecular weight is 153 g/mol. The molecule has 1 unspecified atom stereocenters. The van der Waals surface area contributed by atoms with E-state index in [0.717, 1.165) is 0 Å². The van der Waals surface area contributed by atoms with E-state index in [2.05, 4.69) is 4.98 Å². The molecule has 1 atom stereocenters. The molecule has 0 bridgehead atoms. The van der Waals surface area contributed by atoms with Gasteiger partial charge in [-0.25, -0.2) is 4.98 Å². The maximum absolute atomic E-state index is 10.5. The van der Waals surface area contributed by atoms with Crippen LogP contribution in [0.4, 0.5) is 0 Å². The molecule has 0 aliphatic rings. The molecule has 1 heterocycles. The van der Waals surface area contributed by atoms with E-state index < -0.39 is 0 Å². The number of amides is 1. The van der Waals surface area contributed by atoms with Gasteiger partial charge in [-0.15, -0.1) is 0 Å². The molecule has 1 aromatic rings. The summed E-state index contributed by atoms with van der Waals surface area (Å²) in [7, 11) is 0. The fourth-order valence-corrected chi connectivity index (χ4v) is 0.927. The highest BCUT2D eigenvalue weighted by Crippen LogP contribution is 2.07. The Hall–Kier alpha value is -1.32. The van der Waals surface area contributed by atoms with Crippen LogP contribution >= 0.6 is 0 Å². The molecule has 1 rings (SSSR count). The Labute approximate surface area is 65.0 Å². The first-order valence-electron chi connectivity index (χ1n) is 3.46. The van der Waals surface area contributed by atoms with Gasteiger partial charge in [0.2, 0.25) is 5.91 Å². The van der Waals surface area contributed by atoms with Gasteiger partial charge in [-0.05, 0) is 6.92 Å². The molecule has 0 spiro atoms. The Morgan fingerprint density at radius 2 is 2.55 bits per heavy atom. The van der Waals surface area contributed by atoms with Crippen molar-refractivity contribution < 1.29 is 4.79 Å². The molecule has 0 saturated heterocycles. The number of hydrogen-bond acceptors (Lipinski definition) is 2. The van der Waals surface area contributed by atoms with Crippen LogP contribution < -0.4 is 5.73 Å². The molecule has 1 amide bonds. The Balaban J connectivity index is 2.56. The second kappa shape index (κ2) is 3.18. The normalized spacial score (nSPS) is 12.8. The molecule has 0 aliphatic carbocycles. The first-order valence-corrected chi connectivity index (χ1v) is 3.46. The number of nitrogens with zero attached hydrogens (tertiary/aromatic N) is 2. The van der Waals surface area contributed by atoms with Crippen molar-refractivity contribution in [2.75, 3.05) is 0 Å². The number of hydrogen-bond donors (Lipinski definition) is 1. The lowest BCUT2D eigenvalue weighted by molar-refractivity contribution is -0.118. The van der Waals surface area contributed by atoms with Gasteiger partial charge in [-0.3, -0.25) is 4.79 Å². The van der Waals surface area contributed by atoms with Gasteiger partial charge < -0.3 is 10.3 Å². The third-order valence-electron chi connectivity index (χ3n) is 1.53. The summed E-state index contributed by atoms with van der Waals surface area (Å²) in [6.45, 7) is 1.92. The predicted octanol–water partition coefficient (Wildman–Crippen LogP) is 0.319. The van der Waals surface area contributed by atoms with Crippen molar-refractivity contribution in [1.82, 2.24) is 9.55 Å². The van der Waals surface area contributed by atoms with Gasteiger partial charge in [-0.2, -0.15) is 0 Å². The highest BCUT2D eigenvalue weighted by Gasteiger charge is 2.05. The van der Waals surface area contributed by atoms with Crippen molar-refractivity contribution >= 4 is 5.91 Å². The molecule has 60 valence electrons. The largest absolute Gasteiger partial charge is 0.370 e. The third kappa shape index (κ3) is 2.07. The maximum Gasteiger partial charge on any atom is 0.219 e. The summed E-state index contributed by atoms with van der Waals surface area (Å²) >= 11 is 0. The monoisotopic (exact) mass is 153 g/mol. The highest BCUT2D eigenvalue weighted by molar-refractivity contribution is 5.74. The SMILES string of the molecule is CC(CC(N)=O)n1ccnc1.